The second kappa shape index (κ2) is 5.09. The molecule has 1 aromatic rings. The highest BCUT2D eigenvalue weighted by Crippen LogP contribution is 2.32. The van der Waals surface area contributed by atoms with Gasteiger partial charge in [-0.25, -0.2) is 0 Å². The van der Waals surface area contributed by atoms with Crippen molar-refractivity contribution in [2.24, 2.45) is 13.0 Å². The molecule has 2 atom stereocenters. The van der Waals surface area contributed by atoms with Crippen LogP contribution in [0, 0.1) is 12.8 Å². The van der Waals surface area contributed by atoms with Crippen LogP contribution >= 0.6 is 27.5 Å². The Morgan fingerprint density at radius 2 is 2.25 bits per heavy atom. The van der Waals surface area contributed by atoms with Gasteiger partial charge in [0.15, 0.2) is 0 Å². The minimum Gasteiger partial charge on any atom is -0.271 e. The Hall–Kier alpha value is -0.0200. The van der Waals surface area contributed by atoms with E-state index >= 15 is 0 Å². The van der Waals surface area contributed by atoms with Gasteiger partial charge in [-0.15, -0.1) is 11.6 Å². The van der Waals surface area contributed by atoms with E-state index in [0.717, 1.165) is 24.5 Å². The zero-order chi connectivity index (χ0) is 11.7. The van der Waals surface area contributed by atoms with E-state index in [1.165, 1.54) is 29.4 Å². The van der Waals surface area contributed by atoms with Crippen molar-refractivity contribution in [1.82, 2.24) is 9.78 Å². The van der Waals surface area contributed by atoms with Crippen LogP contribution in [0.25, 0.3) is 0 Å². The molecular formula is C12H18BrClN2. The number of aromatic nitrogens is 2. The maximum Gasteiger partial charge on any atom is 0.0738 e. The average Bonchev–Trinajstić information content (AvgIpc) is 2.45. The standard InChI is InChI=1S/C12H18BrClN2/c1-8-12(13)11(16(2)15-8)7-9-4-3-5-10(14)6-9/h9-10H,3-7H2,1-2H3. The predicted octanol–water partition coefficient (Wildman–Crippen LogP) is 3.83. The third-order valence-corrected chi connectivity index (χ3v) is 4.89. The number of aryl methyl sites for hydroxylation is 2. The lowest BCUT2D eigenvalue weighted by molar-refractivity contribution is 0.355. The summed E-state index contributed by atoms with van der Waals surface area (Å²) in [4.78, 5) is 0. The van der Waals surface area contributed by atoms with Crippen molar-refractivity contribution in [3.8, 4) is 0 Å². The van der Waals surface area contributed by atoms with Gasteiger partial charge in [-0.3, -0.25) is 4.68 Å². The van der Waals surface area contributed by atoms with Crippen molar-refractivity contribution >= 4 is 27.5 Å². The zero-order valence-electron chi connectivity index (χ0n) is 9.84. The van der Waals surface area contributed by atoms with Crippen LogP contribution in [-0.2, 0) is 13.5 Å². The number of hydrogen-bond acceptors (Lipinski definition) is 1. The molecule has 1 saturated carbocycles. The van der Waals surface area contributed by atoms with Crippen LogP contribution < -0.4 is 0 Å². The first kappa shape index (κ1) is 12.4. The number of halogens is 2. The fraction of sp³-hybridized carbons (Fsp3) is 0.750. The van der Waals surface area contributed by atoms with Gasteiger partial charge < -0.3 is 0 Å². The number of rotatable bonds is 2. The van der Waals surface area contributed by atoms with Crippen molar-refractivity contribution < 1.29 is 0 Å². The summed E-state index contributed by atoms with van der Waals surface area (Å²) >= 11 is 9.85. The first-order valence-corrected chi connectivity index (χ1v) is 7.13. The topological polar surface area (TPSA) is 17.8 Å². The molecule has 2 nitrogen and oxygen atoms in total. The fourth-order valence-corrected chi connectivity index (χ4v) is 3.49. The third-order valence-electron chi connectivity index (χ3n) is 3.46. The summed E-state index contributed by atoms with van der Waals surface area (Å²) < 4.78 is 3.17. The summed E-state index contributed by atoms with van der Waals surface area (Å²) in [5.74, 6) is 0.724. The third kappa shape index (κ3) is 2.62. The molecule has 0 N–H and O–H groups in total. The molecule has 0 aliphatic heterocycles. The first-order chi connectivity index (χ1) is 7.58. The quantitative estimate of drug-likeness (QED) is 0.759. The summed E-state index contributed by atoms with van der Waals surface area (Å²) in [6.45, 7) is 2.04. The Bertz CT molecular complexity index is 375. The van der Waals surface area contributed by atoms with Crippen molar-refractivity contribution in [2.45, 2.75) is 44.4 Å². The molecule has 1 aromatic heterocycles. The van der Waals surface area contributed by atoms with Gasteiger partial charge >= 0.3 is 0 Å². The Kier molecular flexibility index (Phi) is 3.96. The monoisotopic (exact) mass is 304 g/mol. The molecule has 0 radical (unpaired) electrons. The van der Waals surface area contributed by atoms with Crippen molar-refractivity contribution in [3.63, 3.8) is 0 Å². The minimum atomic E-state index is 0.381. The molecule has 16 heavy (non-hydrogen) atoms. The zero-order valence-corrected chi connectivity index (χ0v) is 12.2. The van der Waals surface area contributed by atoms with E-state index in [-0.39, 0.29) is 0 Å². The molecule has 4 heteroatoms. The smallest absolute Gasteiger partial charge is 0.0738 e. The predicted molar refractivity (Wildman–Crippen MR) is 70.9 cm³/mol. The number of nitrogens with zero attached hydrogens (tertiary/aromatic N) is 2. The normalized spacial score (nSPS) is 26.0. The van der Waals surface area contributed by atoms with Crippen LogP contribution in [0.4, 0.5) is 0 Å². The van der Waals surface area contributed by atoms with Crippen LogP contribution in [0.15, 0.2) is 4.47 Å². The SMILES string of the molecule is Cc1nn(C)c(CC2CCCC(Cl)C2)c1Br. The van der Waals surface area contributed by atoms with Crippen LogP contribution in [0.1, 0.15) is 37.1 Å². The Morgan fingerprint density at radius 1 is 1.50 bits per heavy atom. The molecule has 0 spiro atoms. The van der Waals surface area contributed by atoms with E-state index in [4.69, 9.17) is 11.6 Å². The van der Waals surface area contributed by atoms with Crippen molar-refractivity contribution in [2.75, 3.05) is 0 Å². The van der Waals surface area contributed by atoms with Crippen molar-refractivity contribution in [1.29, 1.82) is 0 Å². The molecule has 0 saturated heterocycles. The van der Waals surface area contributed by atoms with E-state index in [9.17, 15) is 0 Å². The van der Waals surface area contributed by atoms with Crippen LogP contribution in [-0.4, -0.2) is 15.2 Å². The van der Waals surface area contributed by atoms with E-state index < -0.39 is 0 Å². The van der Waals surface area contributed by atoms with Gasteiger partial charge in [-0.05, 0) is 54.5 Å². The van der Waals surface area contributed by atoms with Crippen LogP contribution in [0.3, 0.4) is 0 Å². The molecule has 1 aliphatic rings. The lowest BCUT2D eigenvalue weighted by Crippen LogP contribution is -2.18. The maximum atomic E-state index is 6.23. The molecule has 2 rings (SSSR count). The molecule has 0 aromatic carbocycles. The molecular weight excluding hydrogens is 288 g/mol. The molecule has 2 unspecified atom stereocenters. The minimum absolute atomic E-state index is 0.381. The fourth-order valence-electron chi connectivity index (χ4n) is 2.59. The molecule has 1 aliphatic carbocycles. The highest BCUT2D eigenvalue weighted by atomic mass is 79.9. The lowest BCUT2D eigenvalue weighted by Gasteiger charge is -2.25. The number of alkyl halides is 1. The summed E-state index contributed by atoms with van der Waals surface area (Å²) in [6.07, 6.45) is 6.01. The summed E-state index contributed by atoms with van der Waals surface area (Å²) in [6, 6.07) is 0. The van der Waals surface area contributed by atoms with Gasteiger partial charge in [0, 0.05) is 12.4 Å². The lowest BCUT2D eigenvalue weighted by atomic mass is 9.86. The highest BCUT2D eigenvalue weighted by molar-refractivity contribution is 9.10. The average molecular weight is 306 g/mol. The van der Waals surface area contributed by atoms with Gasteiger partial charge in [0.2, 0.25) is 0 Å². The van der Waals surface area contributed by atoms with E-state index in [1.807, 2.05) is 18.7 Å². The molecule has 90 valence electrons. The Morgan fingerprint density at radius 3 is 2.81 bits per heavy atom. The van der Waals surface area contributed by atoms with Crippen molar-refractivity contribution in [3.05, 3.63) is 15.9 Å². The van der Waals surface area contributed by atoms with Crippen LogP contribution in [0.2, 0.25) is 0 Å². The second-order valence-corrected chi connectivity index (χ2v) is 6.21. The van der Waals surface area contributed by atoms with Gasteiger partial charge in [0.05, 0.1) is 15.9 Å². The molecule has 0 bridgehead atoms. The van der Waals surface area contributed by atoms with E-state index in [1.54, 1.807) is 0 Å². The molecule has 1 heterocycles. The maximum absolute atomic E-state index is 6.23. The Balaban J connectivity index is 2.08. The second-order valence-electron chi connectivity index (χ2n) is 4.80. The summed E-state index contributed by atoms with van der Waals surface area (Å²) in [5, 5.41) is 4.81. The largest absolute Gasteiger partial charge is 0.271 e. The first-order valence-electron chi connectivity index (χ1n) is 5.90. The number of hydrogen-bond donors (Lipinski definition) is 0. The Labute approximate surface area is 110 Å². The molecule has 1 fully saturated rings. The van der Waals surface area contributed by atoms with Crippen LogP contribution in [0.5, 0.6) is 0 Å². The van der Waals surface area contributed by atoms with E-state index in [0.29, 0.717) is 5.38 Å². The molecule has 0 amide bonds. The van der Waals surface area contributed by atoms with E-state index in [2.05, 4.69) is 21.0 Å². The van der Waals surface area contributed by atoms with Gasteiger partial charge in [0.1, 0.15) is 0 Å². The summed E-state index contributed by atoms with van der Waals surface area (Å²) in [5.41, 5.74) is 2.39. The summed E-state index contributed by atoms with van der Waals surface area (Å²) in [7, 11) is 2.02. The highest BCUT2D eigenvalue weighted by Gasteiger charge is 2.23. The van der Waals surface area contributed by atoms with Gasteiger partial charge in [-0.1, -0.05) is 6.42 Å². The van der Waals surface area contributed by atoms with Gasteiger partial charge in [-0.2, -0.15) is 5.10 Å². The van der Waals surface area contributed by atoms with Gasteiger partial charge in [0.25, 0.3) is 0 Å².